The maximum absolute atomic E-state index is 11.7. The fourth-order valence-electron chi connectivity index (χ4n) is 3.00. The lowest BCUT2D eigenvalue weighted by atomic mass is 9.86. The number of methoxy groups -OCH3 is 1. The zero-order chi connectivity index (χ0) is 18.2. The summed E-state index contributed by atoms with van der Waals surface area (Å²) in [5, 5.41) is 25.6. The van der Waals surface area contributed by atoms with E-state index in [2.05, 4.69) is 22.5 Å². The van der Waals surface area contributed by atoms with Gasteiger partial charge in [0.15, 0.2) is 5.96 Å². The zero-order valence-electron chi connectivity index (χ0n) is 14.8. The summed E-state index contributed by atoms with van der Waals surface area (Å²) in [4.78, 5) is 16.0. The van der Waals surface area contributed by atoms with Crippen LogP contribution in [-0.2, 0) is 4.74 Å². The minimum Gasteiger partial charge on any atom is -0.506 e. The number of hydrogen-bond acceptors (Lipinski definition) is 5. The second kappa shape index (κ2) is 9.27. The van der Waals surface area contributed by atoms with Gasteiger partial charge in [0.05, 0.1) is 31.5 Å². The number of nitrogens with zero attached hydrogens (tertiary/aromatic N) is 1. The van der Waals surface area contributed by atoms with Crippen LogP contribution in [0.2, 0.25) is 0 Å². The normalized spacial score (nSPS) is 20.8. The number of nitrogens with one attached hydrogen (secondary N) is 2. The highest BCUT2D eigenvalue weighted by Gasteiger charge is 2.22. The monoisotopic (exact) mass is 349 g/mol. The molecule has 1 aliphatic carbocycles. The second-order valence-electron chi connectivity index (χ2n) is 6.32. The number of carbonyl (C=O) groups excluding carboxylic acids is 1. The van der Waals surface area contributed by atoms with Crippen molar-refractivity contribution in [3.8, 4) is 5.75 Å². The average Bonchev–Trinajstić information content (AvgIpc) is 2.62. The highest BCUT2D eigenvalue weighted by Crippen LogP contribution is 2.26. The predicted molar refractivity (Wildman–Crippen MR) is 97.0 cm³/mol. The molecular weight excluding hydrogens is 322 g/mol. The molecule has 0 spiro atoms. The fraction of sp³-hybridized carbons (Fsp3) is 0.556. The van der Waals surface area contributed by atoms with E-state index in [1.54, 1.807) is 0 Å². The molecule has 7 nitrogen and oxygen atoms in total. The first-order chi connectivity index (χ1) is 12.0. The summed E-state index contributed by atoms with van der Waals surface area (Å²) in [6.45, 7) is 2.38. The van der Waals surface area contributed by atoms with E-state index in [9.17, 15) is 9.90 Å². The molecule has 2 unspecified atom stereocenters. The van der Waals surface area contributed by atoms with Crippen LogP contribution in [0.5, 0.6) is 5.75 Å². The second-order valence-corrected chi connectivity index (χ2v) is 6.32. The lowest BCUT2D eigenvalue weighted by Crippen LogP contribution is -2.44. The van der Waals surface area contributed by atoms with Crippen molar-refractivity contribution < 1.29 is 19.7 Å². The number of aliphatic imine (C=N–C) groups is 1. The third-order valence-electron chi connectivity index (χ3n) is 4.47. The van der Waals surface area contributed by atoms with Gasteiger partial charge in [-0.15, -0.1) is 0 Å². The molecule has 0 heterocycles. The zero-order valence-corrected chi connectivity index (χ0v) is 14.8. The standard InChI is InChI=1S/C18H27N3O4/c1-12-5-3-4-6-14(12)20-18(19-9-10-22)21-15-11-13(17(24)25-2)7-8-16(15)23/h7-8,11-12,14,22-23H,3-6,9-10H2,1-2H3,(H2,19,20,21). The minimum atomic E-state index is -0.481. The molecule has 138 valence electrons. The van der Waals surface area contributed by atoms with Crippen molar-refractivity contribution in [1.29, 1.82) is 0 Å². The summed E-state index contributed by atoms with van der Waals surface area (Å²) in [5.41, 5.74) is 0.686. The molecule has 7 heteroatoms. The Morgan fingerprint density at radius 1 is 1.36 bits per heavy atom. The highest BCUT2D eigenvalue weighted by molar-refractivity contribution is 5.97. The number of aromatic hydroxyl groups is 1. The first-order valence-electron chi connectivity index (χ1n) is 8.65. The summed E-state index contributed by atoms with van der Waals surface area (Å²) in [6.07, 6.45) is 4.61. The lowest BCUT2D eigenvalue weighted by Gasteiger charge is -2.31. The number of anilines is 1. The number of benzene rings is 1. The smallest absolute Gasteiger partial charge is 0.337 e. The Morgan fingerprint density at radius 2 is 2.12 bits per heavy atom. The first-order valence-corrected chi connectivity index (χ1v) is 8.65. The molecule has 0 bridgehead atoms. The van der Waals surface area contributed by atoms with Crippen molar-refractivity contribution in [2.75, 3.05) is 25.6 Å². The van der Waals surface area contributed by atoms with Gasteiger partial charge in [-0.3, -0.25) is 4.99 Å². The van der Waals surface area contributed by atoms with Gasteiger partial charge in [0.1, 0.15) is 5.75 Å². The third kappa shape index (κ3) is 5.35. The van der Waals surface area contributed by atoms with E-state index in [0.29, 0.717) is 23.1 Å². The van der Waals surface area contributed by atoms with Gasteiger partial charge in [0.25, 0.3) is 0 Å². The number of hydrogen-bond donors (Lipinski definition) is 4. The third-order valence-corrected chi connectivity index (χ3v) is 4.47. The SMILES string of the molecule is COC(=O)c1ccc(O)c(NC(=NCCO)NC2CCCCC2C)c1. The molecule has 2 rings (SSSR count). The summed E-state index contributed by atoms with van der Waals surface area (Å²) >= 11 is 0. The van der Waals surface area contributed by atoms with Gasteiger partial charge >= 0.3 is 5.97 Å². The fourth-order valence-corrected chi connectivity index (χ4v) is 3.00. The van der Waals surface area contributed by atoms with E-state index >= 15 is 0 Å². The molecule has 1 saturated carbocycles. The van der Waals surface area contributed by atoms with Gasteiger partial charge < -0.3 is 25.6 Å². The summed E-state index contributed by atoms with van der Waals surface area (Å²) in [6, 6.07) is 4.72. The molecule has 4 N–H and O–H groups in total. The predicted octanol–water partition coefficient (Wildman–Crippen LogP) is 2.11. The van der Waals surface area contributed by atoms with Crippen LogP contribution < -0.4 is 10.6 Å². The van der Waals surface area contributed by atoms with Crippen LogP contribution in [0, 0.1) is 5.92 Å². The number of phenols is 1. The minimum absolute atomic E-state index is 0.00263. The number of carbonyl (C=O) groups is 1. The average molecular weight is 349 g/mol. The quantitative estimate of drug-likeness (QED) is 0.281. The van der Waals surface area contributed by atoms with Crippen LogP contribution in [0.3, 0.4) is 0 Å². The molecule has 1 aromatic rings. The molecule has 0 saturated heterocycles. The van der Waals surface area contributed by atoms with Crippen LogP contribution in [0.15, 0.2) is 23.2 Å². The summed E-state index contributed by atoms with van der Waals surface area (Å²) < 4.78 is 4.71. The molecular formula is C18H27N3O4. The molecule has 0 radical (unpaired) electrons. The van der Waals surface area contributed by atoms with Gasteiger partial charge in [-0.2, -0.15) is 0 Å². The van der Waals surface area contributed by atoms with Crippen LogP contribution in [0.25, 0.3) is 0 Å². The Labute approximate surface area is 148 Å². The Morgan fingerprint density at radius 3 is 2.80 bits per heavy atom. The topological polar surface area (TPSA) is 103 Å². The number of aliphatic hydroxyl groups excluding tert-OH is 1. The Bertz CT molecular complexity index is 618. The Kier molecular flexibility index (Phi) is 7.06. The molecule has 0 aromatic heterocycles. The molecule has 0 aliphatic heterocycles. The van der Waals surface area contributed by atoms with E-state index < -0.39 is 5.97 Å². The first kappa shape index (κ1) is 19.1. The van der Waals surface area contributed by atoms with Crippen molar-refractivity contribution in [1.82, 2.24) is 5.32 Å². The van der Waals surface area contributed by atoms with Gasteiger partial charge in [0.2, 0.25) is 0 Å². The van der Waals surface area contributed by atoms with Crippen molar-refractivity contribution in [2.24, 2.45) is 10.9 Å². The molecule has 1 aromatic carbocycles. The summed E-state index contributed by atoms with van der Waals surface area (Å²) in [7, 11) is 1.31. The Balaban J connectivity index is 2.17. The molecule has 1 fully saturated rings. The van der Waals surface area contributed by atoms with Gasteiger partial charge in [-0.05, 0) is 37.0 Å². The van der Waals surface area contributed by atoms with E-state index in [4.69, 9.17) is 9.84 Å². The number of ether oxygens (including phenoxy) is 1. The van der Waals surface area contributed by atoms with E-state index in [0.717, 1.165) is 12.8 Å². The van der Waals surface area contributed by atoms with Gasteiger partial charge in [-0.25, -0.2) is 4.79 Å². The van der Waals surface area contributed by atoms with Gasteiger partial charge in [-0.1, -0.05) is 19.8 Å². The van der Waals surface area contributed by atoms with E-state index in [1.165, 1.54) is 38.2 Å². The van der Waals surface area contributed by atoms with Crippen molar-refractivity contribution >= 4 is 17.6 Å². The molecule has 0 amide bonds. The number of aliphatic hydroxyl groups is 1. The molecule has 1 aliphatic rings. The maximum atomic E-state index is 11.7. The highest BCUT2D eigenvalue weighted by atomic mass is 16.5. The largest absolute Gasteiger partial charge is 0.506 e. The van der Waals surface area contributed by atoms with Crippen molar-refractivity contribution in [3.05, 3.63) is 23.8 Å². The van der Waals surface area contributed by atoms with Crippen molar-refractivity contribution in [2.45, 2.75) is 38.6 Å². The Hall–Kier alpha value is -2.28. The van der Waals surface area contributed by atoms with E-state index in [1.807, 2.05) is 0 Å². The van der Waals surface area contributed by atoms with E-state index in [-0.39, 0.29) is 24.9 Å². The lowest BCUT2D eigenvalue weighted by molar-refractivity contribution is 0.0601. The van der Waals surface area contributed by atoms with Crippen LogP contribution >= 0.6 is 0 Å². The van der Waals surface area contributed by atoms with Crippen LogP contribution in [-0.4, -0.2) is 48.4 Å². The number of phenolic OH excluding ortho intramolecular Hbond substituents is 1. The van der Waals surface area contributed by atoms with Gasteiger partial charge in [0, 0.05) is 6.04 Å². The number of guanidine groups is 1. The number of esters is 1. The molecule has 2 atom stereocenters. The van der Waals surface area contributed by atoms with Crippen LogP contribution in [0.4, 0.5) is 5.69 Å². The van der Waals surface area contributed by atoms with Crippen molar-refractivity contribution in [3.63, 3.8) is 0 Å². The van der Waals surface area contributed by atoms with Crippen LogP contribution in [0.1, 0.15) is 43.0 Å². The number of rotatable bonds is 5. The molecule has 25 heavy (non-hydrogen) atoms. The summed E-state index contributed by atoms with van der Waals surface area (Å²) in [5.74, 6) is 0.517. The maximum Gasteiger partial charge on any atom is 0.337 e.